The second-order valence-electron chi connectivity index (χ2n) is 4.73. The zero-order chi connectivity index (χ0) is 13.1. The summed E-state index contributed by atoms with van der Waals surface area (Å²) in [7, 11) is 3.08. The number of hydrogen-bond donors (Lipinski definition) is 0. The molecule has 0 amide bonds. The first kappa shape index (κ1) is 13.7. The molecule has 0 saturated heterocycles. The topological polar surface area (TPSA) is 18.5 Å². The molecule has 18 heavy (non-hydrogen) atoms. The van der Waals surface area contributed by atoms with Gasteiger partial charge in [-0.1, -0.05) is 35.2 Å². The van der Waals surface area contributed by atoms with Crippen LogP contribution in [0.4, 0.5) is 4.39 Å². The van der Waals surface area contributed by atoms with E-state index >= 15 is 0 Å². The van der Waals surface area contributed by atoms with E-state index in [0.717, 1.165) is 12.3 Å². The van der Waals surface area contributed by atoms with Gasteiger partial charge in [0.15, 0.2) is 11.5 Å². The van der Waals surface area contributed by atoms with E-state index in [-0.39, 0.29) is 10.6 Å². The van der Waals surface area contributed by atoms with Crippen molar-refractivity contribution < 1.29 is 13.9 Å². The van der Waals surface area contributed by atoms with Crippen LogP contribution in [0.3, 0.4) is 0 Å². The Morgan fingerprint density at radius 2 is 1.89 bits per heavy atom. The highest BCUT2D eigenvalue weighted by molar-refractivity contribution is 9.09. The smallest absolute Gasteiger partial charge is 0.163 e. The van der Waals surface area contributed by atoms with Crippen LogP contribution in [0.5, 0.6) is 11.5 Å². The molecule has 0 radical (unpaired) electrons. The Morgan fingerprint density at radius 1 is 1.28 bits per heavy atom. The van der Waals surface area contributed by atoms with Crippen LogP contribution in [0.2, 0.25) is 0 Å². The number of halogens is 2. The van der Waals surface area contributed by atoms with Gasteiger partial charge in [0.05, 0.1) is 14.2 Å². The number of methoxy groups -OCH3 is 2. The number of ether oxygens (including phenoxy) is 2. The third-order valence-corrected chi connectivity index (χ3v) is 4.47. The van der Waals surface area contributed by atoms with E-state index in [1.807, 2.05) is 0 Å². The molecule has 1 aromatic rings. The summed E-state index contributed by atoms with van der Waals surface area (Å²) >= 11 is 3.59. The highest BCUT2D eigenvalue weighted by atomic mass is 79.9. The Labute approximate surface area is 116 Å². The lowest BCUT2D eigenvalue weighted by Crippen LogP contribution is -2.13. The summed E-state index contributed by atoms with van der Waals surface area (Å²) in [6.45, 7) is 0. The van der Waals surface area contributed by atoms with E-state index in [4.69, 9.17) is 9.47 Å². The van der Waals surface area contributed by atoms with Crippen molar-refractivity contribution in [3.8, 4) is 11.5 Å². The van der Waals surface area contributed by atoms with E-state index in [1.54, 1.807) is 13.2 Å². The van der Waals surface area contributed by atoms with Crippen molar-refractivity contribution >= 4 is 15.9 Å². The van der Waals surface area contributed by atoms with Crippen molar-refractivity contribution in [3.63, 3.8) is 0 Å². The molecule has 1 fully saturated rings. The van der Waals surface area contributed by atoms with Gasteiger partial charge in [0.25, 0.3) is 0 Å². The number of hydrogen-bond acceptors (Lipinski definition) is 2. The summed E-state index contributed by atoms with van der Waals surface area (Å²) in [5, 5.41) is 0. The maximum absolute atomic E-state index is 14.0. The normalized spacial score (nSPS) is 17.1. The molecule has 0 aliphatic heterocycles. The van der Waals surface area contributed by atoms with Gasteiger partial charge in [0, 0.05) is 16.5 Å². The summed E-state index contributed by atoms with van der Waals surface area (Å²) in [5.74, 6) is 1.49. The van der Waals surface area contributed by atoms with Gasteiger partial charge < -0.3 is 9.47 Å². The van der Waals surface area contributed by atoms with Crippen LogP contribution in [0.25, 0.3) is 0 Å². The zero-order valence-electron chi connectivity index (χ0n) is 10.7. The van der Waals surface area contributed by atoms with Crippen LogP contribution < -0.4 is 9.47 Å². The van der Waals surface area contributed by atoms with Crippen molar-refractivity contribution in [2.45, 2.75) is 30.5 Å². The Balaban J connectivity index is 2.20. The Kier molecular flexibility index (Phi) is 4.49. The van der Waals surface area contributed by atoms with E-state index < -0.39 is 0 Å². The van der Waals surface area contributed by atoms with Gasteiger partial charge in [-0.25, -0.2) is 4.39 Å². The van der Waals surface area contributed by atoms with Crippen molar-refractivity contribution in [1.29, 1.82) is 0 Å². The lowest BCUT2D eigenvalue weighted by Gasteiger charge is -2.27. The first-order chi connectivity index (χ1) is 8.65. The molecular weight excluding hydrogens is 299 g/mol. The Morgan fingerprint density at radius 3 is 2.39 bits per heavy atom. The minimum atomic E-state index is -0.242. The summed E-state index contributed by atoms with van der Waals surface area (Å²) in [5.41, 5.74) is 0.652. The molecule has 0 heterocycles. The molecule has 1 saturated carbocycles. The first-order valence-electron chi connectivity index (χ1n) is 6.21. The fourth-order valence-electron chi connectivity index (χ4n) is 2.26. The predicted molar refractivity (Wildman–Crippen MR) is 73.1 cm³/mol. The summed E-state index contributed by atoms with van der Waals surface area (Å²) in [6, 6.07) is 3.12. The molecule has 1 atom stereocenters. The third-order valence-electron chi connectivity index (χ3n) is 3.61. The van der Waals surface area contributed by atoms with Crippen LogP contribution in [0.1, 0.15) is 36.1 Å². The molecule has 0 aromatic heterocycles. The summed E-state index contributed by atoms with van der Waals surface area (Å²) in [6.07, 6.45) is 4.80. The van der Waals surface area contributed by atoms with Gasteiger partial charge in [-0.15, -0.1) is 0 Å². The second-order valence-corrected chi connectivity index (χ2v) is 5.83. The molecule has 0 bridgehead atoms. The highest BCUT2D eigenvalue weighted by Gasteiger charge is 2.24. The van der Waals surface area contributed by atoms with Gasteiger partial charge in [-0.3, -0.25) is 0 Å². The standard InChI is InChI=1S/C14H18BrFO2/c1-17-13-7-10(12(16)8-14(13)18-2)11(15)6-9-4-3-5-9/h7-9,11H,3-6H2,1-2H3. The van der Waals surface area contributed by atoms with Crippen molar-refractivity contribution in [2.75, 3.05) is 14.2 Å². The largest absolute Gasteiger partial charge is 0.493 e. The Bertz CT molecular complexity index is 419. The predicted octanol–water partition coefficient (Wildman–Crippen LogP) is 4.47. The fourth-order valence-corrected chi connectivity index (χ4v) is 3.14. The fraction of sp³-hybridized carbons (Fsp3) is 0.571. The van der Waals surface area contributed by atoms with Crippen molar-refractivity contribution in [2.24, 2.45) is 5.92 Å². The molecule has 1 aliphatic carbocycles. The molecule has 1 unspecified atom stereocenters. The van der Waals surface area contributed by atoms with Crippen molar-refractivity contribution in [3.05, 3.63) is 23.5 Å². The lowest BCUT2D eigenvalue weighted by molar-refractivity contribution is 0.294. The Hall–Kier alpha value is -0.770. The highest BCUT2D eigenvalue weighted by Crippen LogP contribution is 2.42. The average molecular weight is 317 g/mol. The lowest BCUT2D eigenvalue weighted by atomic mass is 9.81. The molecule has 0 spiro atoms. The van der Waals surface area contributed by atoms with Gasteiger partial charge in [-0.2, -0.15) is 0 Å². The maximum Gasteiger partial charge on any atom is 0.163 e. The first-order valence-corrected chi connectivity index (χ1v) is 7.12. The van der Waals surface area contributed by atoms with Crippen molar-refractivity contribution in [1.82, 2.24) is 0 Å². The van der Waals surface area contributed by atoms with Crippen LogP contribution in [-0.4, -0.2) is 14.2 Å². The van der Waals surface area contributed by atoms with Crippen LogP contribution in [0.15, 0.2) is 12.1 Å². The number of benzene rings is 1. The zero-order valence-corrected chi connectivity index (χ0v) is 12.3. The monoisotopic (exact) mass is 316 g/mol. The number of rotatable bonds is 5. The third kappa shape index (κ3) is 2.79. The van der Waals surface area contributed by atoms with E-state index in [9.17, 15) is 4.39 Å². The van der Waals surface area contributed by atoms with Gasteiger partial charge in [0.2, 0.25) is 0 Å². The van der Waals surface area contributed by atoms with Gasteiger partial charge in [-0.05, 0) is 18.4 Å². The van der Waals surface area contributed by atoms with Crippen LogP contribution >= 0.6 is 15.9 Å². The maximum atomic E-state index is 14.0. The average Bonchev–Trinajstić information content (AvgIpc) is 2.33. The minimum Gasteiger partial charge on any atom is -0.493 e. The van der Waals surface area contributed by atoms with Crippen LogP contribution in [0, 0.1) is 11.7 Å². The van der Waals surface area contributed by atoms with E-state index in [1.165, 1.54) is 32.4 Å². The van der Waals surface area contributed by atoms with E-state index in [2.05, 4.69) is 15.9 Å². The molecule has 1 aliphatic rings. The summed E-state index contributed by atoms with van der Waals surface area (Å²) < 4.78 is 24.3. The molecular formula is C14H18BrFO2. The molecule has 4 heteroatoms. The van der Waals surface area contributed by atoms with E-state index in [0.29, 0.717) is 17.1 Å². The number of alkyl halides is 1. The second kappa shape index (κ2) is 5.91. The minimum absolute atomic E-state index is 0.0441. The SMILES string of the molecule is COc1cc(F)c(C(Br)CC2CCC2)cc1OC. The van der Waals surface area contributed by atoms with Gasteiger partial charge >= 0.3 is 0 Å². The molecule has 0 N–H and O–H groups in total. The molecule has 100 valence electrons. The van der Waals surface area contributed by atoms with Gasteiger partial charge in [0.1, 0.15) is 5.82 Å². The molecule has 2 rings (SSSR count). The molecule has 2 nitrogen and oxygen atoms in total. The van der Waals surface area contributed by atoms with Crippen LogP contribution in [-0.2, 0) is 0 Å². The summed E-state index contributed by atoms with van der Waals surface area (Å²) in [4.78, 5) is 0.0441. The molecule has 1 aromatic carbocycles. The quantitative estimate of drug-likeness (QED) is 0.746.